The topological polar surface area (TPSA) is 65.7 Å². The van der Waals surface area contributed by atoms with E-state index < -0.39 is 5.97 Å². The van der Waals surface area contributed by atoms with Gasteiger partial charge in [0.1, 0.15) is 5.75 Å². The first-order valence-corrected chi connectivity index (χ1v) is 6.77. The van der Waals surface area contributed by atoms with Crippen molar-refractivity contribution in [2.75, 3.05) is 14.2 Å². The predicted octanol–water partition coefficient (Wildman–Crippen LogP) is 2.12. The molecule has 2 heterocycles. The summed E-state index contributed by atoms with van der Waals surface area (Å²) in [6.07, 6.45) is 2.17. The molecule has 0 radical (unpaired) electrons. The molecule has 6 nitrogen and oxygen atoms in total. The Hall–Kier alpha value is -2.89. The minimum Gasteiger partial charge on any atom is -0.496 e. The van der Waals surface area contributed by atoms with Crippen molar-refractivity contribution in [3.05, 3.63) is 59.5 Å². The second-order valence-electron chi connectivity index (χ2n) is 4.73. The number of carbonyl (C=O) groups excluding carboxylic acids is 1. The van der Waals surface area contributed by atoms with Crippen molar-refractivity contribution in [1.82, 2.24) is 14.6 Å². The molecule has 22 heavy (non-hydrogen) atoms. The van der Waals surface area contributed by atoms with Gasteiger partial charge in [-0.3, -0.25) is 0 Å². The molecule has 0 spiro atoms. The highest BCUT2D eigenvalue weighted by molar-refractivity contribution is 5.89. The van der Waals surface area contributed by atoms with E-state index in [2.05, 4.69) is 10.1 Å². The summed E-state index contributed by atoms with van der Waals surface area (Å²) in [7, 11) is 2.99. The van der Waals surface area contributed by atoms with E-state index in [1.54, 1.807) is 30.0 Å². The number of aromatic nitrogens is 3. The van der Waals surface area contributed by atoms with Crippen LogP contribution < -0.4 is 4.74 Å². The summed E-state index contributed by atoms with van der Waals surface area (Å²) in [5.74, 6) is 1.06. The molecule has 2 aromatic heterocycles. The van der Waals surface area contributed by atoms with Gasteiger partial charge in [0.2, 0.25) is 0 Å². The number of fused-ring (bicyclic) bond motifs is 1. The maximum absolute atomic E-state index is 11.5. The largest absolute Gasteiger partial charge is 0.496 e. The Balaban J connectivity index is 1.93. The van der Waals surface area contributed by atoms with Gasteiger partial charge in [-0.2, -0.15) is 5.10 Å². The minimum absolute atomic E-state index is 0.399. The van der Waals surface area contributed by atoms with Gasteiger partial charge in [0, 0.05) is 18.2 Å². The molecule has 3 rings (SSSR count). The molecule has 112 valence electrons. The van der Waals surface area contributed by atoms with Gasteiger partial charge in [0.05, 0.1) is 19.8 Å². The van der Waals surface area contributed by atoms with Crippen LogP contribution in [-0.2, 0) is 11.2 Å². The Kier molecular flexibility index (Phi) is 3.74. The minimum atomic E-state index is -0.399. The van der Waals surface area contributed by atoms with Crippen LogP contribution in [-0.4, -0.2) is 34.8 Å². The van der Waals surface area contributed by atoms with Crippen LogP contribution >= 0.6 is 0 Å². The third kappa shape index (κ3) is 2.63. The number of para-hydroxylation sites is 1. The highest BCUT2D eigenvalue weighted by atomic mass is 16.5. The third-order valence-corrected chi connectivity index (χ3v) is 3.34. The molecule has 0 unspecified atom stereocenters. The van der Waals surface area contributed by atoms with Crippen LogP contribution in [0, 0.1) is 0 Å². The average Bonchev–Trinajstić information content (AvgIpc) is 2.95. The SMILES string of the molecule is COC(=O)c1ccc2nc(Cc3ccccc3OC)nn2c1. The number of esters is 1. The van der Waals surface area contributed by atoms with Crippen molar-refractivity contribution in [3.8, 4) is 5.75 Å². The lowest BCUT2D eigenvalue weighted by Crippen LogP contribution is -2.03. The maximum atomic E-state index is 11.5. The molecule has 0 aliphatic carbocycles. The van der Waals surface area contributed by atoms with Crippen LogP contribution in [0.1, 0.15) is 21.7 Å². The van der Waals surface area contributed by atoms with E-state index >= 15 is 0 Å². The first kappa shape index (κ1) is 14.1. The van der Waals surface area contributed by atoms with Crippen molar-refractivity contribution in [1.29, 1.82) is 0 Å². The average molecular weight is 297 g/mol. The van der Waals surface area contributed by atoms with Crippen LogP contribution in [0.4, 0.5) is 0 Å². The van der Waals surface area contributed by atoms with E-state index in [1.165, 1.54) is 7.11 Å². The standard InChI is InChI=1S/C16H15N3O3/c1-21-13-6-4-3-5-11(13)9-14-17-15-8-7-12(16(20)22-2)10-19(15)18-14/h3-8,10H,9H2,1-2H3. The number of rotatable bonds is 4. The summed E-state index contributed by atoms with van der Waals surface area (Å²) in [5, 5.41) is 4.40. The lowest BCUT2D eigenvalue weighted by Gasteiger charge is -2.05. The number of hydrogen-bond donors (Lipinski definition) is 0. The molecule has 0 saturated carbocycles. The van der Waals surface area contributed by atoms with Gasteiger partial charge in [0.15, 0.2) is 11.5 Å². The fraction of sp³-hybridized carbons (Fsp3) is 0.188. The molecule has 0 N–H and O–H groups in total. The van der Waals surface area contributed by atoms with E-state index in [4.69, 9.17) is 9.47 Å². The van der Waals surface area contributed by atoms with E-state index in [0.29, 0.717) is 23.5 Å². The van der Waals surface area contributed by atoms with Crippen molar-refractivity contribution in [2.45, 2.75) is 6.42 Å². The lowest BCUT2D eigenvalue weighted by atomic mass is 10.1. The molecule has 0 fully saturated rings. The van der Waals surface area contributed by atoms with E-state index in [9.17, 15) is 4.79 Å². The smallest absolute Gasteiger partial charge is 0.339 e. The van der Waals surface area contributed by atoms with Gasteiger partial charge in [-0.05, 0) is 18.2 Å². The summed E-state index contributed by atoms with van der Waals surface area (Å²) in [4.78, 5) is 16.0. The van der Waals surface area contributed by atoms with Gasteiger partial charge < -0.3 is 9.47 Å². The molecular weight excluding hydrogens is 282 g/mol. The summed E-state index contributed by atoms with van der Waals surface area (Å²) in [6.45, 7) is 0. The fourth-order valence-corrected chi connectivity index (χ4v) is 2.26. The van der Waals surface area contributed by atoms with E-state index in [0.717, 1.165) is 11.3 Å². The first-order chi connectivity index (χ1) is 10.7. The molecule has 0 amide bonds. The molecule has 1 aromatic carbocycles. The second kappa shape index (κ2) is 5.85. The fourth-order valence-electron chi connectivity index (χ4n) is 2.26. The molecule has 0 bridgehead atoms. The number of pyridine rings is 1. The Morgan fingerprint density at radius 3 is 2.77 bits per heavy atom. The summed E-state index contributed by atoms with van der Waals surface area (Å²) >= 11 is 0. The Labute approximate surface area is 127 Å². The summed E-state index contributed by atoms with van der Waals surface area (Å²) < 4.78 is 11.6. The predicted molar refractivity (Wildman–Crippen MR) is 80.1 cm³/mol. The zero-order valence-corrected chi connectivity index (χ0v) is 12.3. The molecule has 0 aliphatic heterocycles. The summed E-state index contributed by atoms with van der Waals surface area (Å²) in [5.41, 5.74) is 2.12. The van der Waals surface area contributed by atoms with Gasteiger partial charge in [-0.15, -0.1) is 0 Å². The number of ether oxygens (including phenoxy) is 2. The zero-order valence-electron chi connectivity index (χ0n) is 12.3. The van der Waals surface area contributed by atoms with Gasteiger partial charge in [-0.1, -0.05) is 18.2 Å². The van der Waals surface area contributed by atoms with Gasteiger partial charge in [-0.25, -0.2) is 14.3 Å². The van der Waals surface area contributed by atoms with E-state index in [-0.39, 0.29) is 0 Å². The molecule has 0 saturated heterocycles. The highest BCUT2D eigenvalue weighted by Gasteiger charge is 2.11. The maximum Gasteiger partial charge on any atom is 0.339 e. The number of hydrogen-bond acceptors (Lipinski definition) is 5. The number of carbonyl (C=O) groups is 1. The highest BCUT2D eigenvalue weighted by Crippen LogP contribution is 2.20. The monoisotopic (exact) mass is 297 g/mol. The normalized spacial score (nSPS) is 10.6. The van der Waals surface area contributed by atoms with Crippen LogP contribution in [0.3, 0.4) is 0 Å². The Morgan fingerprint density at radius 2 is 2.00 bits per heavy atom. The summed E-state index contributed by atoms with van der Waals surface area (Å²) in [6, 6.07) is 11.2. The molecule has 6 heteroatoms. The van der Waals surface area contributed by atoms with Crippen LogP contribution in [0.2, 0.25) is 0 Å². The van der Waals surface area contributed by atoms with Crippen LogP contribution in [0.25, 0.3) is 5.65 Å². The molecule has 0 atom stereocenters. The Morgan fingerprint density at radius 1 is 1.18 bits per heavy atom. The molecular formula is C16H15N3O3. The number of benzene rings is 1. The van der Waals surface area contributed by atoms with Crippen molar-refractivity contribution < 1.29 is 14.3 Å². The Bertz CT molecular complexity index is 826. The first-order valence-electron chi connectivity index (χ1n) is 6.77. The van der Waals surface area contributed by atoms with Gasteiger partial charge in [0.25, 0.3) is 0 Å². The number of methoxy groups -OCH3 is 2. The van der Waals surface area contributed by atoms with Gasteiger partial charge >= 0.3 is 5.97 Å². The molecule has 3 aromatic rings. The lowest BCUT2D eigenvalue weighted by molar-refractivity contribution is 0.0600. The third-order valence-electron chi connectivity index (χ3n) is 3.34. The van der Waals surface area contributed by atoms with E-state index in [1.807, 2.05) is 24.3 Å². The van der Waals surface area contributed by atoms with Crippen molar-refractivity contribution in [2.24, 2.45) is 0 Å². The quantitative estimate of drug-likeness (QED) is 0.690. The zero-order chi connectivity index (χ0) is 15.5. The number of nitrogens with zero attached hydrogens (tertiary/aromatic N) is 3. The molecule has 0 aliphatic rings. The van der Waals surface area contributed by atoms with Crippen LogP contribution in [0.5, 0.6) is 5.75 Å². The van der Waals surface area contributed by atoms with Crippen molar-refractivity contribution in [3.63, 3.8) is 0 Å². The van der Waals surface area contributed by atoms with Crippen LogP contribution in [0.15, 0.2) is 42.6 Å². The van der Waals surface area contributed by atoms with Crippen molar-refractivity contribution >= 4 is 11.6 Å². The second-order valence-corrected chi connectivity index (χ2v) is 4.73.